The van der Waals surface area contributed by atoms with Gasteiger partial charge in [0.25, 0.3) is 0 Å². The Morgan fingerprint density at radius 3 is 2.54 bits per heavy atom. The van der Waals surface area contributed by atoms with E-state index in [-0.39, 0.29) is 23.6 Å². The maximum atomic E-state index is 11.9. The second-order valence-electron chi connectivity index (χ2n) is 6.94. The van der Waals surface area contributed by atoms with Gasteiger partial charge in [0.15, 0.2) is 9.84 Å². The molecule has 1 saturated heterocycles. The van der Waals surface area contributed by atoms with Gasteiger partial charge >= 0.3 is 0 Å². The van der Waals surface area contributed by atoms with E-state index in [1.807, 2.05) is 57.2 Å². The molecule has 1 aliphatic rings. The van der Waals surface area contributed by atoms with E-state index in [4.69, 9.17) is 0 Å². The van der Waals surface area contributed by atoms with Crippen LogP contribution in [0.1, 0.15) is 27.2 Å². The Balaban J connectivity index is 2.01. The first-order valence-electron chi connectivity index (χ1n) is 9.06. The van der Waals surface area contributed by atoms with Crippen LogP contribution in [-0.2, 0) is 9.84 Å². The van der Waals surface area contributed by atoms with Crippen molar-refractivity contribution in [1.82, 2.24) is 9.97 Å². The number of aromatic nitrogens is 2. The molecule has 0 bridgehead atoms. The molecular weight excluding hydrogens is 348 g/mol. The molecule has 7 heteroatoms. The molecule has 3 rings (SSSR count). The van der Waals surface area contributed by atoms with Crippen LogP contribution in [0.25, 0.3) is 11.3 Å². The Labute approximate surface area is 155 Å². The molecule has 1 aromatic heterocycles. The molecular formula is C19H26N4O2S. The first kappa shape index (κ1) is 18.6. The Hall–Kier alpha value is -2.15. The Bertz CT molecular complexity index is 853. The van der Waals surface area contributed by atoms with Gasteiger partial charge in [0.2, 0.25) is 5.95 Å². The van der Waals surface area contributed by atoms with Crippen molar-refractivity contribution in [3.05, 3.63) is 36.4 Å². The lowest BCUT2D eigenvalue weighted by molar-refractivity contribution is 0.599. The zero-order valence-corrected chi connectivity index (χ0v) is 16.3. The SMILES string of the molecule is CCN(c1cc(-c2ccccc2)nc(NC(C)C)n1)C1CCS(=O)(=O)C1. The number of nitrogens with zero attached hydrogens (tertiary/aromatic N) is 3. The molecule has 6 nitrogen and oxygen atoms in total. The number of hydrogen-bond acceptors (Lipinski definition) is 6. The summed E-state index contributed by atoms with van der Waals surface area (Å²) in [6.07, 6.45) is 0.647. The van der Waals surface area contributed by atoms with Crippen LogP contribution in [0.4, 0.5) is 11.8 Å². The molecule has 1 aromatic carbocycles. The fraction of sp³-hybridized carbons (Fsp3) is 0.474. The van der Waals surface area contributed by atoms with Crippen molar-refractivity contribution in [2.24, 2.45) is 0 Å². The van der Waals surface area contributed by atoms with Gasteiger partial charge in [0.05, 0.1) is 17.2 Å². The predicted molar refractivity (Wildman–Crippen MR) is 106 cm³/mol. The average Bonchev–Trinajstić information content (AvgIpc) is 2.95. The summed E-state index contributed by atoms with van der Waals surface area (Å²) >= 11 is 0. The van der Waals surface area contributed by atoms with Crippen LogP contribution in [0.15, 0.2) is 36.4 Å². The first-order valence-corrected chi connectivity index (χ1v) is 10.9. The van der Waals surface area contributed by atoms with Gasteiger partial charge in [0, 0.05) is 30.3 Å². The van der Waals surface area contributed by atoms with Gasteiger partial charge in [-0.05, 0) is 27.2 Å². The highest BCUT2D eigenvalue weighted by atomic mass is 32.2. The number of hydrogen-bond donors (Lipinski definition) is 1. The van der Waals surface area contributed by atoms with Gasteiger partial charge in [-0.25, -0.2) is 13.4 Å². The normalized spacial score (nSPS) is 18.8. The summed E-state index contributed by atoms with van der Waals surface area (Å²) in [6.45, 7) is 6.82. The number of nitrogens with one attached hydrogen (secondary N) is 1. The maximum Gasteiger partial charge on any atom is 0.225 e. The highest BCUT2D eigenvalue weighted by Gasteiger charge is 2.32. The molecule has 1 unspecified atom stereocenters. The third-order valence-corrected chi connectivity index (χ3v) is 6.23. The molecule has 1 N–H and O–H groups in total. The van der Waals surface area contributed by atoms with Crippen molar-refractivity contribution >= 4 is 21.6 Å². The zero-order chi connectivity index (χ0) is 18.7. The second kappa shape index (κ2) is 7.61. The van der Waals surface area contributed by atoms with Gasteiger partial charge in [-0.3, -0.25) is 0 Å². The molecule has 2 aromatic rings. The molecule has 26 heavy (non-hydrogen) atoms. The van der Waals surface area contributed by atoms with Crippen molar-refractivity contribution in [3.8, 4) is 11.3 Å². The Morgan fingerprint density at radius 2 is 1.96 bits per heavy atom. The minimum absolute atomic E-state index is 0.0320. The largest absolute Gasteiger partial charge is 0.353 e. The molecule has 0 saturated carbocycles. The number of sulfone groups is 1. The third kappa shape index (κ3) is 4.33. The van der Waals surface area contributed by atoms with Crippen LogP contribution >= 0.6 is 0 Å². The van der Waals surface area contributed by atoms with Gasteiger partial charge in [-0.2, -0.15) is 4.98 Å². The minimum Gasteiger partial charge on any atom is -0.353 e. The fourth-order valence-electron chi connectivity index (χ4n) is 3.29. The molecule has 140 valence electrons. The standard InChI is InChI=1S/C19H26N4O2S/c1-4-23(16-10-11-26(24,25)13-16)18-12-17(15-8-6-5-7-9-15)21-19(22-18)20-14(2)3/h5-9,12,14,16H,4,10-11,13H2,1-3H3,(H,20,21,22). The molecule has 0 spiro atoms. The quantitative estimate of drug-likeness (QED) is 0.838. The van der Waals surface area contributed by atoms with Crippen LogP contribution in [-0.4, -0.2) is 48.5 Å². The summed E-state index contributed by atoms with van der Waals surface area (Å²) in [6, 6.07) is 12.1. The first-order chi connectivity index (χ1) is 12.4. The topological polar surface area (TPSA) is 75.2 Å². The molecule has 1 atom stereocenters. The Morgan fingerprint density at radius 1 is 1.23 bits per heavy atom. The van der Waals surface area contributed by atoms with E-state index in [0.29, 0.717) is 18.9 Å². The fourth-order valence-corrected chi connectivity index (χ4v) is 5.02. The van der Waals surface area contributed by atoms with Gasteiger partial charge < -0.3 is 10.2 Å². The Kier molecular flexibility index (Phi) is 5.46. The highest BCUT2D eigenvalue weighted by molar-refractivity contribution is 7.91. The van der Waals surface area contributed by atoms with E-state index in [9.17, 15) is 8.42 Å². The molecule has 0 aliphatic carbocycles. The van der Waals surface area contributed by atoms with Crippen molar-refractivity contribution in [1.29, 1.82) is 0 Å². The lowest BCUT2D eigenvalue weighted by atomic mass is 10.1. The summed E-state index contributed by atoms with van der Waals surface area (Å²) in [5.41, 5.74) is 1.84. The smallest absolute Gasteiger partial charge is 0.225 e. The van der Waals surface area contributed by atoms with E-state index in [0.717, 1.165) is 17.1 Å². The molecule has 1 fully saturated rings. The predicted octanol–water partition coefficient (Wildman–Crippen LogP) is 2.98. The molecule has 0 amide bonds. The maximum absolute atomic E-state index is 11.9. The summed E-state index contributed by atoms with van der Waals surface area (Å²) in [5, 5.41) is 3.27. The lowest BCUT2D eigenvalue weighted by Crippen LogP contribution is -2.37. The average molecular weight is 375 g/mol. The third-order valence-electron chi connectivity index (χ3n) is 4.48. The molecule has 1 aliphatic heterocycles. The zero-order valence-electron chi connectivity index (χ0n) is 15.5. The van der Waals surface area contributed by atoms with E-state index in [2.05, 4.69) is 20.2 Å². The van der Waals surface area contributed by atoms with E-state index in [1.165, 1.54) is 0 Å². The minimum atomic E-state index is -2.95. The molecule has 2 heterocycles. The van der Waals surface area contributed by atoms with Crippen LogP contribution in [0.5, 0.6) is 0 Å². The summed E-state index contributed by atoms with van der Waals surface area (Å²) < 4.78 is 23.8. The van der Waals surface area contributed by atoms with Crippen LogP contribution in [0, 0.1) is 0 Å². The second-order valence-corrected chi connectivity index (χ2v) is 9.17. The molecule has 0 radical (unpaired) electrons. The van der Waals surface area contributed by atoms with Crippen LogP contribution in [0.2, 0.25) is 0 Å². The van der Waals surface area contributed by atoms with E-state index < -0.39 is 9.84 Å². The van der Waals surface area contributed by atoms with Gasteiger partial charge in [-0.1, -0.05) is 30.3 Å². The number of anilines is 2. The van der Waals surface area contributed by atoms with Crippen molar-refractivity contribution in [3.63, 3.8) is 0 Å². The van der Waals surface area contributed by atoms with Gasteiger partial charge in [0.1, 0.15) is 5.82 Å². The monoisotopic (exact) mass is 374 g/mol. The van der Waals surface area contributed by atoms with Crippen molar-refractivity contribution in [2.45, 2.75) is 39.3 Å². The summed E-state index contributed by atoms with van der Waals surface area (Å²) in [5.74, 6) is 1.78. The number of benzene rings is 1. The van der Waals surface area contributed by atoms with Crippen LogP contribution in [0.3, 0.4) is 0 Å². The van der Waals surface area contributed by atoms with Crippen molar-refractivity contribution < 1.29 is 8.42 Å². The highest BCUT2D eigenvalue weighted by Crippen LogP contribution is 2.27. The summed E-state index contributed by atoms with van der Waals surface area (Å²) in [7, 11) is -2.95. The van der Waals surface area contributed by atoms with E-state index in [1.54, 1.807) is 0 Å². The van der Waals surface area contributed by atoms with Crippen molar-refractivity contribution in [2.75, 3.05) is 28.3 Å². The van der Waals surface area contributed by atoms with E-state index >= 15 is 0 Å². The van der Waals surface area contributed by atoms with Crippen LogP contribution < -0.4 is 10.2 Å². The summed E-state index contributed by atoms with van der Waals surface area (Å²) in [4.78, 5) is 11.4. The number of rotatable bonds is 6. The van der Waals surface area contributed by atoms with Gasteiger partial charge in [-0.15, -0.1) is 0 Å². The lowest BCUT2D eigenvalue weighted by Gasteiger charge is -2.28.